The van der Waals surface area contributed by atoms with Crippen LogP contribution < -0.4 is 5.73 Å². The zero-order valence-electron chi connectivity index (χ0n) is 12.7. The molecular formula is C16H22N6. The summed E-state index contributed by atoms with van der Waals surface area (Å²) in [5, 5.41) is 4.44. The van der Waals surface area contributed by atoms with Crippen LogP contribution in [0.5, 0.6) is 0 Å². The van der Waals surface area contributed by atoms with Gasteiger partial charge in [0.25, 0.3) is 0 Å². The normalized spacial score (nSPS) is 16.5. The maximum Gasteiger partial charge on any atom is 0.191 e. The van der Waals surface area contributed by atoms with Gasteiger partial charge in [-0.1, -0.05) is 31.0 Å². The molecule has 0 aliphatic carbocycles. The Hall–Kier alpha value is -2.37. The summed E-state index contributed by atoms with van der Waals surface area (Å²) in [7, 11) is 0. The van der Waals surface area contributed by atoms with Crippen LogP contribution in [0.3, 0.4) is 0 Å². The van der Waals surface area contributed by atoms with Crippen molar-refractivity contribution in [2.75, 3.05) is 13.1 Å². The van der Waals surface area contributed by atoms with Gasteiger partial charge in [0.2, 0.25) is 0 Å². The molecule has 116 valence electrons. The minimum absolute atomic E-state index is 0.419. The zero-order chi connectivity index (χ0) is 15.2. The number of para-hydroxylation sites is 1. The van der Waals surface area contributed by atoms with Gasteiger partial charge in [0.1, 0.15) is 12.9 Å². The van der Waals surface area contributed by atoms with Gasteiger partial charge < -0.3 is 10.6 Å². The van der Waals surface area contributed by atoms with E-state index in [2.05, 4.69) is 20.0 Å². The second-order valence-electron chi connectivity index (χ2n) is 5.52. The summed E-state index contributed by atoms with van der Waals surface area (Å²) in [6.45, 7) is 2.42. The van der Waals surface area contributed by atoms with E-state index in [9.17, 15) is 0 Å². The first-order valence-corrected chi connectivity index (χ1v) is 7.84. The summed E-state index contributed by atoms with van der Waals surface area (Å²) in [5.41, 5.74) is 7.09. The average Bonchev–Trinajstić information content (AvgIpc) is 2.87. The van der Waals surface area contributed by atoms with Gasteiger partial charge in [-0.3, -0.25) is 0 Å². The van der Waals surface area contributed by atoms with Crippen LogP contribution >= 0.6 is 0 Å². The van der Waals surface area contributed by atoms with Crippen LogP contribution in [0, 0.1) is 0 Å². The number of hydrogen-bond acceptors (Lipinski definition) is 3. The fraction of sp³-hybridized carbons (Fsp3) is 0.438. The predicted molar refractivity (Wildman–Crippen MR) is 86.7 cm³/mol. The van der Waals surface area contributed by atoms with Crippen molar-refractivity contribution in [1.82, 2.24) is 19.7 Å². The van der Waals surface area contributed by atoms with Crippen molar-refractivity contribution in [3.8, 4) is 5.69 Å². The van der Waals surface area contributed by atoms with Gasteiger partial charge in [-0.05, 0) is 25.0 Å². The summed E-state index contributed by atoms with van der Waals surface area (Å²) in [5.74, 6) is 1.29. The lowest BCUT2D eigenvalue weighted by Gasteiger charge is -2.20. The number of benzene rings is 1. The van der Waals surface area contributed by atoms with E-state index >= 15 is 0 Å². The first-order valence-electron chi connectivity index (χ1n) is 7.84. The number of hydrogen-bond donors (Lipinski definition) is 1. The quantitative estimate of drug-likeness (QED) is 0.694. The molecule has 1 aromatic carbocycles. The fourth-order valence-electron chi connectivity index (χ4n) is 2.63. The molecule has 1 aromatic heterocycles. The Labute approximate surface area is 130 Å². The van der Waals surface area contributed by atoms with Crippen molar-refractivity contribution < 1.29 is 0 Å². The van der Waals surface area contributed by atoms with Crippen molar-refractivity contribution in [3.63, 3.8) is 0 Å². The molecule has 22 heavy (non-hydrogen) atoms. The van der Waals surface area contributed by atoms with E-state index in [-0.39, 0.29) is 0 Å². The maximum atomic E-state index is 6.10. The summed E-state index contributed by atoms with van der Waals surface area (Å²) >= 11 is 0. The van der Waals surface area contributed by atoms with Gasteiger partial charge >= 0.3 is 0 Å². The topological polar surface area (TPSA) is 72.3 Å². The average molecular weight is 298 g/mol. The second kappa shape index (κ2) is 7.06. The summed E-state index contributed by atoms with van der Waals surface area (Å²) in [6.07, 6.45) is 6.66. The monoisotopic (exact) mass is 298 g/mol. The molecule has 0 radical (unpaired) electrons. The molecular weight excluding hydrogens is 276 g/mol. The minimum atomic E-state index is 0.419. The lowest BCUT2D eigenvalue weighted by molar-refractivity contribution is 0.428. The Kier molecular flexibility index (Phi) is 4.68. The molecule has 1 fully saturated rings. The molecule has 1 aliphatic rings. The van der Waals surface area contributed by atoms with Gasteiger partial charge in [-0.15, -0.1) is 5.10 Å². The smallest absolute Gasteiger partial charge is 0.191 e. The number of aromatic nitrogens is 3. The van der Waals surface area contributed by atoms with E-state index in [1.807, 2.05) is 30.3 Å². The van der Waals surface area contributed by atoms with Crippen molar-refractivity contribution in [2.45, 2.75) is 32.2 Å². The lowest BCUT2D eigenvalue weighted by Crippen LogP contribution is -2.38. The van der Waals surface area contributed by atoms with Crippen molar-refractivity contribution in [3.05, 3.63) is 42.5 Å². The van der Waals surface area contributed by atoms with Gasteiger partial charge in [0, 0.05) is 13.1 Å². The molecule has 0 amide bonds. The van der Waals surface area contributed by atoms with Crippen LogP contribution in [0.15, 0.2) is 41.7 Å². The third kappa shape index (κ3) is 3.63. The zero-order valence-corrected chi connectivity index (χ0v) is 12.7. The van der Waals surface area contributed by atoms with Crippen molar-refractivity contribution >= 4 is 5.96 Å². The molecule has 2 heterocycles. The Morgan fingerprint density at radius 3 is 2.55 bits per heavy atom. The number of likely N-dealkylation sites (tertiary alicyclic amines) is 1. The van der Waals surface area contributed by atoms with E-state index in [0.29, 0.717) is 18.3 Å². The standard InChI is InChI=1S/C16H22N6/c17-16(21-10-6-1-2-7-11-21)18-12-15-19-13-22(20-15)14-8-4-3-5-9-14/h3-5,8-9,13H,1-2,6-7,10-12H2,(H2,17,18). The predicted octanol–water partition coefficient (Wildman–Crippen LogP) is 1.96. The second-order valence-corrected chi connectivity index (χ2v) is 5.52. The summed E-state index contributed by atoms with van der Waals surface area (Å²) in [6, 6.07) is 9.92. The van der Waals surface area contributed by atoms with Crippen LogP contribution in [-0.4, -0.2) is 38.7 Å². The highest BCUT2D eigenvalue weighted by Gasteiger charge is 2.11. The van der Waals surface area contributed by atoms with E-state index in [1.165, 1.54) is 25.7 Å². The molecule has 3 rings (SSSR count). The SMILES string of the molecule is NC(=NCc1ncn(-c2ccccc2)n1)N1CCCCCC1. The molecule has 6 nitrogen and oxygen atoms in total. The molecule has 0 bridgehead atoms. The molecule has 0 spiro atoms. The molecule has 1 saturated heterocycles. The number of rotatable bonds is 3. The first-order chi connectivity index (χ1) is 10.8. The van der Waals surface area contributed by atoms with Gasteiger partial charge in [0.15, 0.2) is 11.8 Å². The molecule has 2 aromatic rings. The van der Waals surface area contributed by atoms with Gasteiger partial charge in [0.05, 0.1) is 5.69 Å². The molecule has 0 saturated carbocycles. The summed E-state index contributed by atoms with van der Waals surface area (Å²) < 4.78 is 1.76. The molecule has 1 aliphatic heterocycles. The van der Waals surface area contributed by atoms with Crippen LogP contribution in [0.25, 0.3) is 5.69 Å². The van der Waals surface area contributed by atoms with E-state index in [0.717, 1.165) is 18.8 Å². The fourth-order valence-corrected chi connectivity index (χ4v) is 2.63. The molecule has 0 unspecified atom stereocenters. The van der Waals surface area contributed by atoms with Crippen molar-refractivity contribution in [1.29, 1.82) is 0 Å². The third-order valence-electron chi connectivity index (χ3n) is 3.87. The highest BCUT2D eigenvalue weighted by atomic mass is 15.3. The summed E-state index contributed by atoms with van der Waals surface area (Å²) in [4.78, 5) is 10.9. The van der Waals surface area contributed by atoms with Crippen LogP contribution in [-0.2, 0) is 6.54 Å². The number of aliphatic imine (C=N–C) groups is 1. The lowest BCUT2D eigenvalue weighted by atomic mass is 10.2. The van der Waals surface area contributed by atoms with Crippen LogP contribution in [0.1, 0.15) is 31.5 Å². The van der Waals surface area contributed by atoms with Gasteiger partial charge in [-0.25, -0.2) is 14.7 Å². The van der Waals surface area contributed by atoms with E-state index < -0.39 is 0 Å². The largest absolute Gasteiger partial charge is 0.370 e. The molecule has 2 N–H and O–H groups in total. The third-order valence-corrected chi connectivity index (χ3v) is 3.87. The highest BCUT2D eigenvalue weighted by Crippen LogP contribution is 2.09. The Bertz CT molecular complexity index is 611. The van der Waals surface area contributed by atoms with Gasteiger partial charge in [-0.2, -0.15) is 0 Å². The Morgan fingerprint density at radius 2 is 1.82 bits per heavy atom. The number of nitrogens with two attached hydrogens (primary N) is 1. The molecule has 6 heteroatoms. The van der Waals surface area contributed by atoms with Crippen LogP contribution in [0.4, 0.5) is 0 Å². The first kappa shape index (κ1) is 14.6. The Morgan fingerprint density at radius 1 is 1.09 bits per heavy atom. The number of guanidine groups is 1. The van der Waals surface area contributed by atoms with E-state index in [1.54, 1.807) is 11.0 Å². The minimum Gasteiger partial charge on any atom is -0.370 e. The Balaban J connectivity index is 1.63. The highest BCUT2D eigenvalue weighted by molar-refractivity contribution is 5.78. The maximum absolute atomic E-state index is 6.10. The van der Waals surface area contributed by atoms with E-state index in [4.69, 9.17) is 5.73 Å². The molecule has 0 atom stereocenters. The van der Waals surface area contributed by atoms with Crippen LogP contribution in [0.2, 0.25) is 0 Å². The van der Waals surface area contributed by atoms with Crippen molar-refractivity contribution in [2.24, 2.45) is 10.7 Å². The number of nitrogens with zero attached hydrogens (tertiary/aromatic N) is 5.